The molecule has 5 heteroatoms. The first-order valence-corrected chi connectivity index (χ1v) is 10.6. The van der Waals surface area contributed by atoms with Crippen molar-refractivity contribution in [3.05, 3.63) is 70.8 Å². The Kier molecular flexibility index (Phi) is 7.03. The average Bonchev–Trinajstić information content (AvgIpc) is 2.73. The van der Waals surface area contributed by atoms with E-state index < -0.39 is 0 Å². The molecule has 1 unspecified atom stereocenters. The first kappa shape index (κ1) is 21.8. The number of hydrogen-bond acceptors (Lipinski definition) is 3. The minimum atomic E-state index is -0.345. The van der Waals surface area contributed by atoms with Crippen LogP contribution in [0.1, 0.15) is 59.3 Å². The van der Waals surface area contributed by atoms with E-state index in [4.69, 9.17) is 0 Å². The number of piperidine rings is 1. The molecule has 3 rings (SSSR count). The maximum absolute atomic E-state index is 12.9. The van der Waals surface area contributed by atoms with Crippen LogP contribution in [0.15, 0.2) is 48.5 Å². The quantitative estimate of drug-likeness (QED) is 0.738. The van der Waals surface area contributed by atoms with Gasteiger partial charge in [0.2, 0.25) is 11.8 Å². The van der Waals surface area contributed by atoms with Crippen molar-refractivity contribution in [2.24, 2.45) is 5.92 Å². The van der Waals surface area contributed by atoms with E-state index >= 15 is 0 Å². The van der Waals surface area contributed by atoms with Gasteiger partial charge in [0, 0.05) is 31.5 Å². The molecule has 30 heavy (non-hydrogen) atoms. The fourth-order valence-electron chi connectivity index (χ4n) is 3.94. The van der Waals surface area contributed by atoms with E-state index in [2.05, 4.69) is 5.32 Å². The van der Waals surface area contributed by atoms with E-state index in [0.29, 0.717) is 25.9 Å². The van der Waals surface area contributed by atoms with Crippen molar-refractivity contribution in [2.75, 3.05) is 13.1 Å². The summed E-state index contributed by atoms with van der Waals surface area (Å²) in [5.41, 5.74) is 3.94. The molecule has 1 heterocycles. The van der Waals surface area contributed by atoms with E-state index in [1.165, 1.54) is 6.92 Å². The number of Topliss-reactive ketones (excluding diaryl/α,β-unsaturated/α-hetero) is 1. The van der Waals surface area contributed by atoms with E-state index in [1.807, 2.05) is 67.3 Å². The molecule has 1 N–H and O–H groups in total. The number of nitrogens with zero attached hydrogens (tertiary/aromatic N) is 1. The standard InChI is InChI=1S/C25H30N2O3/c1-17-4-8-20(9-5-17)23(26-19(3)28)16-24(29)27-14-12-22(13-15-27)25(30)21-10-6-18(2)7-11-21/h4-11,22-23H,12-16H2,1-3H3,(H,26,28). The molecule has 0 saturated carbocycles. The zero-order valence-corrected chi connectivity index (χ0v) is 18.0. The van der Waals surface area contributed by atoms with Crippen molar-refractivity contribution >= 4 is 17.6 Å². The third-order valence-corrected chi connectivity index (χ3v) is 5.79. The highest BCUT2D eigenvalue weighted by molar-refractivity contribution is 5.98. The average molecular weight is 407 g/mol. The van der Waals surface area contributed by atoms with Crippen LogP contribution in [0.5, 0.6) is 0 Å². The summed E-state index contributed by atoms with van der Waals surface area (Å²) in [7, 11) is 0. The van der Waals surface area contributed by atoms with Crippen LogP contribution in [0.25, 0.3) is 0 Å². The Balaban J connectivity index is 1.59. The lowest BCUT2D eigenvalue weighted by atomic mass is 9.88. The second-order valence-corrected chi connectivity index (χ2v) is 8.25. The fourth-order valence-corrected chi connectivity index (χ4v) is 3.94. The van der Waals surface area contributed by atoms with Crippen molar-refractivity contribution in [3.8, 4) is 0 Å². The normalized spacial score (nSPS) is 15.5. The van der Waals surface area contributed by atoms with Gasteiger partial charge in [0.25, 0.3) is 0 Å². The molecule has 0 bridgehead atoms. The lowest BCUT2D eigenvalue weighted by Gasteiger charge is -2.32. The summed E-state index contributed by atoms with van der Waals surface area (Å²) >= 11 is 0. The monoisotopic (exact) mass is 406 g/mol. The molecular weight excluding hydrogens is 376 g/mol. The summed E-state index contributed by atoms with van der Waals surface area (Å²) in [6.07, 6.45) is 1.57. The number of aryl methyl sites for hydroxylation is 2. The molecule has 0 aliphatic carbocycles. The van der Waals surface area contributed by atoms with Gasteiger partial charge >= 0.3 is 0 Å². The number of rotatable bonds is 6. The number of hydrogen-bond donors (Lipinski definition) is 1. The Morgan fingerprint density at radius 2 is 1.47 bits per heavy atom. The smallest absolute Gasteiger partial charge is 0.224 e. The van der Waals surface area contributed by atoms with Gasteiger partial charge in [0.05, 0.1) is 12.5 Å². The molecule has 1 atom stereocenters. The second-order valence-electron chi connectivity index (χ2n) is 8.25. The summed E-state index contributed by atoms with van der Waals surface area (Å²) < 4.78 is 0. The van der Waals surface area contributed by atoms with E-state index in [1.54, 1.807) is 0 Å². The molecular formula is C25H30N2O3. The van der Waals surface area contributed by atoms with Gasteiger partial charge in [0.15, 0.2) is 5.78 Å². The summed E-state index contributed by atoms with van der Waals surface area (Å²) in [5.74, 6) is -0.0239. The lowest BCUT2D eigenvalue weighted by Crippen LogP contribution is -2.42. The summed E-state index contributed by atoms with van der Waals surface area (Å²) in [6.45, 7) is 6.62. The SMILES string of the molecule is CC(=O)NC(CC(=O)N1CCC(C(=O)c2ccc(C)cc2)CC1)c1ccc(C)cc1. The Bertz CT molecular complexity index is 895. The molecule has 0 aromatic heterocycles. The third kappa shape index (κ3) is 5.56. The topological polar surface area (TPSA) is 66.5 Å². The van der Waals surface area contributed by atoms with Crippen LogP contribution in [0.3, 0.4) is 0 Å². The highest BCUT2D eigenvalue weighted by Crippen LogP contribution is 2.25. The van der Waals surface area contributed by atoms with Gasteiger partial charge in [-0.1, -0.05) is 59.7 Å². The maximum Gasteiger partial charge on any atom is 0.224 e. The van der Waals surface area contributed by atoms with Gasteiger partial charge in [-0.25, -0.2) is 0 Å². The molecule has 5 nitrogen and oxygen atoms in total. The van der Waals surface area contributed by atoms with Gasteiger partial charge in [-0.2, -0.15) is 0 Å². The predicted molar refractivity (Wildman–Crippen MR) is 117 cm³/mol. The zero-order valence-electron chi connectivity index (χ0n) is 18.0. The Labute approximate surface area is 178 Å². The predicted octanol–water partition coefficient (Wildman–Crippen LogP) is 3.99. The number of benzene rings is 2. The summed E-state index contributed by atoms with van der Waals surface area (Å²) in [5, 5.41) is 2.90. The maximum atomic E-state index is 12.9. The molecule has 2 amide bonds. The van der Waals surface area contributed by atoms with Crippen molar-refractivity contribution in [1.29, 1.82) is 0 Å². The van der Waals surface area contributed by atoms with Crippen LogP contribution in [-0.4, -0.2) is 35.6 Å². The molecule has 2 aromatic carbocycles. The number of nitrogens with one attached hydrogen (secondary N) is 1. The zero-order chi connectivity index (χ0) is 21.7. The molecule has 1 fully saturated rings. The summed E-state index contributed by atoms with van der Waals surface area (Å²) in [4.78, 5) is 39.1. The number of ketones is 1. The van der Waals surface area contributed by atoms with Gasteiger partial charge in [-0.05, 0) is 32.3 Å². The number of carbonyl (C=O) groups is 3. The number of carbonyl (C=O) groups excluding carboxylic acids is 3. The third-order valence-electron chi connectivity index (χ3n) is 5.79. The Hall–Kier alpha value is -2.95. The minimum absolute atomic E-state index is 0.00978. The largest absolute Gasteiger partial charge is 0.349 e. The van der Waals surface area contributed by atoms with Crippen LogP contribution in [0.2, 0.25) is 0 Å². The van der Waals surface area contributed by atoms with Crippen LogP contribution in [0.4, 0.5) is 0 Å². The minimum Gasteiger partial charge on any atom is -0.349 e. The van der Waals surface area contributed by atoms with Crippen molar-refractivity contribution in [3.63, 3.8) is 0 Å². The van der Waals surface area contributed by atoms with E-state index in [-0.39, 0.29) is 36.0 Å². The second kappa shape index (κ2) is 9.70. The Morgan fingerprint density at radius 1 is 0.933 bits per heavy atom. The molecule has 0 spiro atoms. The van der Waals surface area contributed by atoms with Crippen LogP contribution in [0, 0.1) is 19.8 Å². The molecule has 158 valence electrons. The first-order valence-electron chi connectivity index (χ1n) is 10.6. The number of amides is 2. The highest BCUT2D eigenvalue weighted by atomic mass is 16.2. The Morgan fingerprint density at radius 3 is 2.00 bits per heavy atom. The van der Waals surface area contributed by atoms with Crippen molar-refractivity contribution in [1.82, 2.24) is 10.2 Å². The molecule has 1 saturated heterocycles. The van der Waals surface area contributed by atoms with Crippen molar-refractivity contribution in [2.45, 2.75) is 46.1 Å². The van der Waals surface area contributed by atoms with Gasteiger partial charge in [0.1, 0.15) is 0 Å². The van der Waals surface area contributed by atoms with Gasteiger partial charge in [-0.15, -0.1) is 0 Å². The fraction of sp³-hybridized carbons (Fsp3) is 0.400. The van der Waals surface area contributed by atoms with E-state index in [9.17, 15) is 14.4 Å². The van der Waals surface area contributed by atoms with Gasteiger partial charge < -0.3 is 10.2 Å². The molecule has 0 radical (unpaired) electrons. The van der Waals surface area contributed by atoms with Crippen LogP contribution < -0.4 is 5.32 Å². The van der Waals surface area contributed by atoms with Crippen molar-refractivity contribution < 1.29 is 14.4 Å². The lowest BCUT2D eigenvalue weighted by molar-refractivity contribution is -0.133. The van der Waals surface area contributed by atoms with Crippen LogP contribution in [-0.2, 0) is 9.59 Å². The molecule has 1 aliphatic rings. The number of likely N-dealkylation sites (tertiary alicyclic amines) is 1. The summed E-state index contributed by atoms with van der Waals surface area (Å²) in [6, 6.07) is 15.2. The first-order chi connectivity index (χ1) is 14.3. The molecule has 1 aliphatic heterocycles. The molecule has 2 aromatic rings. The van der Waals surface area contributed by atoms with Crippen LogP contribution >= 0.6 is 0 Å². The van der Waals surface area contributed by atoms with Gasteiger partial charge in [-0.3, -0.25) is 14.4 Å². The highest BCUT2D eigenvalue weighted by Gasteiger charge is 2.29. The van der Waals surface area contributed by atoms with E-state index in [0.717, 1.165) is 22.3 Å².